The van der Waals surface area contributed by atoms with Crippen molar-refractivity contribution in [1.29, 1.82) is 0 Å². The number of rotatable bonds is 40. The lowest BCUT2D eigenvalue weighted by atomic mass is 10.0. The fourth-order valence-corrected chi connectivity index (χ4v) is 6.75. The van der Waals surface area contributed by atoms with Gasteiger partial charge >= 0.3 is 17.9 Å². The second kappa shape index (κ2) is 39.1. The van der Waals surface area contributed by atoms with Gasteiger partial charge in [0.05, 0.1) is 0 Å². The maximum atomic E-state index is 12.7. The Morgan fingerprint density at radius 2 is 0.635 bits per heavy atom. The molecule has 0 N–H and O–H groups in total. The average Bonchev–Trinajstić information content (AvgIpc) is 3.11. The Morgan fingerprint density at radius 3 is 0.942 bits per heavy atom. The van der Waals surface area contributed by atoms with Crippen molar-refractivity contribution in [2.75, 3.05) is 13.2 Å². The molecule has 0 aromatic rings. The average molecular weight is 737 g/mol. The number of carbonyl (C=O) groups excluding carboxylic acids is 3. The van der Waals surface area contributed by atoms with Gasteiger partial charge in [-0.25, -0.2) is 0 Å². The maximum Gasteiger partial charge on any atom is 0.306 e. The van der Waals surface area contributed by atoms with Crippen LogP contribution in [0.25, 0.3) is 0 Å². The SMILES string of the molecule is CCCCCCCCCCCCC(=O)O[C@@H](COC(=O)CCCCCCCCCCCCCC(C)C)COC(=O)CCCCCCCCCC(C)C. The van der Waals surface area contributed by atoms with Crippen molar-refractivity contribution in [2.45, 2.75) is 253 Å². The number of esters is 3. The van der Waals surface area contributed by atoms with E-state index in [1.54, 1.807) is 0 Å². The third kappa shape index (κ3) is 39.6. The molecule has 6 heteroatoms. The molecule has 0 aromatic carbocycles. The van der Waals surface area contributed by atoms with Gasteiger partial charge in [0.15, 0.2) is 6.10 Å². The minimum Gasteiger partial charge on any atom is -0.462 e. The molecular formula is C46H88O6. The van der Waals surface area contributed by atoms with Gasteiger partial charge in [-0.1, -0.05) is 208 Å². The van der Waals surface area contributed by atoms with Gasteiger partial charge in [0.25, 0.3) is 0 Å². The number of ether oxygens (including phenoxy) is 3. The summed E-state index contributed by atoms with van der Waals surface area (Å²) in [6.07, 6.45) is 36.6. The Balaban J connectivity index is 4.31. The van der Waals surface area contributed by atoms with Crippen LogP contribution in [0.4, 0.5) is 0 Å². The zero-order valence-corrected chi connectivity index (χ0v) is 35.4. The molecule has 0 saturated carbocycles. The van der Waals surface area contributed by atoms with Crippen molar-refractivity contribution in [1.82, 2.24) is 0 Å². The van der Waals surface area contributed by atoms with Gasteiger partial charge in [-0.05, 0) is 31.1 Å². The lowest BCUT2D eigenvalue weighted by Crippen LogP contribution is -2.30. The summed E-state index contributed by atoms with van der Waals surface area (Å²) >= 11 is 0. The van der Waals surface area contributed by atoms with Gasteiger partial charge in [-0.15, -0.1) is 0 Å². The summed E-state index contributed by atoms with van der Waals surface area (Å²) in [5, 5.41) is 0. The van der Waals surface area contributed by atoms with Gasteiger partial charge in [-0.2, -0.15) is 0 Å². The highest BCUT2D eigenvalue weighted by Gasteiger charge is 2.19. The second-order valence-corrected chi connectivity index (χ2v) is 16.6. The van der Waals surface area contributed by atoms with Crippen LogP contribution in [0.2, 0.25) is 0 Å². The van der Waals surface area contributed by atoms with Gasteiger partial charge < -0.3 is 14.2 Å². The highest BCUT2D eigenvalue weighted by Crippen LogP contribution is 2.16. The Bertz CT molecular complexity index is 794. The number of hydrogen-bond donors (Lipinski definition) is 0. The number of hydrogen-bond acceptors (Lipinski definition) is 6. The molecule has 0 saturated heterocycles. The number of carbonyl (C=O) groups is 3. The molecule has 0 unspecified atom stereocenters. The summed E-state index contributed by atoms with van der Waals surface area (Å²) in [4.78, 5) is 37.6. The zero-order valence-electron chi connectivity index (χ0n) is 35.4. The molecule has 0 radical (unpaired) electrons. The van der Waals surface area contributed by atoms with Gasteiger partial charge in [0.1, 0.15) is 13.2 Å². The largest absolute Gasteiger partial charge is 0.462 e. The zero-order chi connectivity index (χ0) is 38.3. The Labute approximate surface area is 323 Å². The highest BCUT2D eigenvalue weighted by atomic mass is 16.6. The molecule has 6 nitrogen and oxygen atoms in total. The smallest absolute Gasteiger partial charge is 0.306 e. The predicted octanol–water partition coefficient (Wildman–Crippen LogP) is 14.2. The third-order valence-corrected chi connectivity index (χ3v) is 10.2. The molecule has 0 aromatic heterocycles. The second-order valence-electron chi connectivity index (χ2n) is 16.6. The van der Waals surface area contributed by atoms with Gasteiger partial charge in [-0.3, -0.25) is 14.4 Å². The molecule has 0 rings (SSSR count). The van der Waals surface area contributed by atoms with Crippen molar-refractivity contribution >= 4 is 17.9 Å². The van der Waals surface area contributed by atoms with Crippen LogP contribution in [0.15, 0.2) is 0 Å². The molecule has 0 aliphatic carbocycles. The number of unbranched alkanes of at least 4 members (excludes halogenated alkanes) is 25. The van der Waals surface area contributed by atoms with Crippen LogP contribution in [-0.2, 0) is 28.6 Å². The first kappa shape index (κ1) is 50.4. The first-order valence-corrected chi connectivity index (χ1v) is 22.7. The van der Waals surface area contributed by atoms with Gasteiger partial charge in [0, 0.05) is 19.3 Å². The minimum absolute atomic E-state index is 0.0653. The van der Waals surface area contributed by atoms with Crippen molar-refractivity contribution in [2.24, 2.45) is 11.8 Å². The third-order valence-electron chi connectivity index (χ3n) is 10.2. The molecule has 0 aliphatic heterocycles. The van der Waals surface area contributed by atoms with E-state index in [1.807, 2.05) is 0 Å². The first-order valence-electron chi connectivity index (χ1n) is 22.7. The summed E-state index contributed by atoms with van der Waals surface area (Å²) < 4.78 is 16.7. The van der Waals surface area contributed by atoms with E-state index in [4.69, 9.17) is 14.2 Å². The summed E-state index contributed by atoms with van der Waals surface area (Å²) in [6, 6.07) is 0. The van der Waals surface area contributed by atoms with Crippen LogP contribution >= 0.6 is 0 Å². The molecular weight excluding hydrogens is 649 g/mol. The van der Waals surface area contributed by atoms with Gasteiger partial charge in [0.2, 0.25) is 0 Å². The lowest BCUT2D eigenvalue weighted by Gasteiger charge is -2.18. The molecule has 0 heterocycles. The monoisotopic (exact) mass is 737 g/mol. The standard InChI is InChI=1S/C46H88O6/c1-6-7-8-9-10-11-16-22-28-33-38-46(49)52-43(40-51-45(48)37-32-27-23-18-20-25-30-35-42(4)5)39-50-44(47)36-31-26-21-17-14-12-13-15-19-24-29-34-41(2)3/h41-43H,6-40H2,1-5H3/t43-/m0/s1. The van der Waals surface area contributed by atoms with Crippen molar-refractivity contribution in [3.63, 3.8) is 0 Å². The summed E-state index contributed by atoms with van der Waals surface area (Å²) in [5.41, 5.74) is 0. The first-order chi connectivity index (χ1) is 25.2. The highest BCUT2D eigenvalue weighted by molar-refractivity contribution is 5.71. The minimum atomic E-state index is -0.760. The molecule has 308 valence electrons. The van der Waals surface area contributed by atoms with Crippen LogP contribution in [-0.4, -0.2) is 37.2 Å². The van der Waals surface area contributed by atoms with E-state index in [1.165, 1.54) is 135 Å². The summed E-state index contributed by atoms with van der Waals surface area (Å²) in [7, 11) is 0. The van der Waals surface area contributed by atoms with Crippen molar-refractivity contribution < 1.29 is 28.6 Å². The van der Waals surface area contributed by atoms with Crippen molar-refractivity contribution in [3.05, 3.63) is 0 Å². The van der Waals surface area contributed by atoms with E-state index in [-0.39, 0.29) is 31.1 Å². The normalized spacial score (nSPS) is 12.1. The fourth-order valence-electron chi connectivity index (χ4n) is 6.75. The maximum absolute atomic E-state index is 12.7. The Kier molecular flexibility index (Phi) is 37.9. The van der Waals surface area contributed by atoms with E-state index < -0.39 is 6.10 Å². The van der Waals surface area contributed by atoms with Crippen LogP contribution in [0.5, 0.6) is 0 Å². The van der Waals surface area contributed by atoms with Crippen molar-refractivity contribution in [3.8, 4) is 0 Å². The van der Waals surface area contributed by atoms with Crippen LogP contribution in [0.3, 0.4) is 0 Å². The van der Waals surface area contributed by atoms with E-state index in [0.717, 1.165) is 69.6 Å². The predicted molar refractivity (Wildman–Crippen MR) is 220 cm³/mol. The molecule has 0 spiro atoms. The molecule has 0 bridgehead atoms. The fraction of sp³-hybridized carbons (Fsp3) is 0.935. The summed E-state index contributed by atoms with van der Waals surface area (Å²) in [6.45, 7) is 11.3. The van der Waals surface area contributed by atoms with Crippen LogP contribution in [0.1, 0.15) is 247 Å². The van der Waals surface area contributed by atoms with Crippen LogP contribution in [0, 0.1) is 11.8 Å². The Hall–Kier alpha value is -1.59. The lowest BCUT2D eigenvalue weighted by molar-refractivity contribution is -0.167. The molecule has 0 fully saturated rings. The Morgan fingerprint density at radius 1 is 0.365 bits per heavy atom. The quantitative estimate of drug-likeness (QED) is 0.0354. The topological polar surface area (TPSA) is 78.9 Å². The van der Waals surface area contributed by atoms with E-state index >= 15 is 0 Å². The van der Waals surface area contributed by atoms with E-state index in [0.29, 0.717) is 19.3 Å². The molecule has 1 atom stereocenters. The van der Waals surface area contributed by atoms with E-state index in [2.05, 4.69) is 34.6 Å². The molecule has 0 aliphatic rings. The molecule has 0 amide bonds. The molecule has 52 heavy (non-hydrogen) atoms. The van der Waals surface area contributed by atoms with Crippen LogP contribution < -0.4 is 0 Å². The van der Waals surface area contributed by atoms with E-state index in [9.17, 15) is 14.4 Å². The summed E-state index contributed by atoms with van der Waals surface area (Å²) in [5.74, 6) is 0.747.